The molecule has 90 valence electrons. The molecule has 0 aromatic carbocycles. The molecule has 0 spiro atoms. The van der Waals surface area contributed by atoms with Crippen molar-refractivity contribution in [3.05, 3.63) is 24.2 Å². The third-order valence-electron chi connectivity index (χ3n) is 2.62. The number of nitrogens with one attached hydrogen (secondary N) is 1. The number of hydrogen-bond donors (Lipinski definition) is 1. The van der Waals surface area contributed by atoms with Gasteiger partial charge in [0.2, 0.25) is 0 Å². The zero-order valence-corrected chi connectivity index (χ0v) is 10.2. The van der Waals surface area contributed by atoms with Gasteiger partial charge in [0.1, 0.15) is 0 Å². The summed E-state index contributed by atoms with van der Waals surface area (Å²) in [7, 11) is 0. The average molecular weight is 223 g/mol. The molecule has 0 radical (unpaired) electrons. The molecule has 3 nitrogen and oxygen atoms in total. The van der Waals surface area contributed by atoms with Gasteiger partial charge in [-0.05, 0) is 25.0 Å². The van der Waals surface area contributed by atoms with Crippen molar-refractivity contribution in [2.45, 2.75) is 52.0 Å². The molecular formula is C13H21NO2. The van der Waals surface area contributed by atoms with Crippen LogP contribution >= 0.6 is 0 Å². The zero-order chi connectivity index (χ0) is 11.8. The number of rotatable bonds is 7. The monoisotopic (exact) mass is 223 g/mol. The van der Waals surface area contributed by atoms with E-state index in [1.165, 1.54) is 6.26 Å². The Kier molecular flexibility index (Phi) is 5.68. The molecule has 0 fully saturated rings. The van der Waals surface area contributed by atoms with Gasteiger partial charge in [-0.3, -0.25) is 4.79 Å². The first-order chi connectivity index (χ1) is 7.77. The number of hydrogen-bond acceptors (Lipinski definition) is 2. The summed E-state index contributed by atoms with van der Waals surface area (Å²) in [5.74, 6) is 0.303. The van der Waals surface area contributed by atoms with Crippen molar-refractivity contribution in [1.29, 1.82) is 0 Å². The predicted octanol–water partition coefficient (Wildman–Crippen LogP) is 3.37. The highest BCUT2D eigenvalue weighted by Gasteiger charge is 2.14. The van der Waals surface area contributed by atoms with Gasteiger partial charge in [0.05, 0.1) is 6.26 Å². The van der Waals surface area contributed by atoms with Crippen molar-refractivity contribution in [3.63, 3.8) is 0 Å². The van der Waals surface area contributed by atoms with E-state index in [0.717, 1.165) is 32.1 Å². The first-order valence-corrected chi connectivity index (χ1v) is 6.12. The van der Waals surface area contributed by atoms with Crippen LogP contribution in [0.4, 0.5) is 0 Å². The fourth-order valence-electron chi connectivity index (χ4n) is 1.75. The van der Waals surface area contributed by atoms with Crippen LogP contribution in [0.15, 0.2) is 22.8 Å². The summed E-state index contributed by atoms with van der Waals surface area (Å²) in [6.45, 7) is 4.30. The summed E-state index contributed by atoms with van der Waals surface area (Å²) >= 11 is 0. The Hall–Kier alpha value is -1.25. The standard InChI is InChI=1S/C13H21NO2/c1-3-5-8-11(7-4-2)14-13(15)12-9-6-10-16-12/h6,9-11H,3-5,7-8H2,1-2H3,(H,14,15). The van der Waals surface area contributed by atoms with Crippen LogP contribution in [0.5, 0.6) is 0 Å². The van der Waals surface area contributed by atoms with Gasteiger partial charge in [-0.15, -0.1) is 0 Å². The summed E-state index contributed by atoms with van der Waals surface area (Å²) in [5, 5.41) is 3.02. The van der Waals surface area contributed by atoms with Crippen molar-refractivity contribution in [1.82, 2.24) is 5.32 Å². The van der Waals surface area contributed by atoms with Gasteiger partial charge in [-0.25, -0.2) is 0 Å². The Morgan fingerprint density at radius 2 is 2.19 bits per heavy atom. The molecule has 1 atom stereocenters. The van der Waals surface area contributed by atoms with E-state index in [1.807, 2.05) is 0 Å². The van der Waals surface area contributed by atoms with Crippen molar-refractivity contribution >= 4 is 5.91 Å². The SMILES string of the molecule is CCCCC(CCC)NC(=O)c1ccco1. The lowest BCUT2D eigenvalue weighted by atomic mass is 10.1. The smallest absolute Gasteiger partial charge is 0.287 e. The molecule has 0 saturated heterocycles. The van der Waals surface area contributed by atoms with Crippen LogP contribution in [0.25, 0.3) is 0 Å². The largest absolute Gasteiger partial charge is 0.459 e. The number of carbonyl (C=O) groups excluding carboxylic acids is 1. The van der Waals surface area contributed by atoms with Crippen molar-refractivity contribution in [3.8, 4) is 0 Å². The third kappa shape index (κ3) is 4.09. The predicted molar refractivity (Wildman–Crippen MR) is 64.4 cm³/mol. The molecule has 0 saturated carbocycles. The lowest BCUT2D eigenvalue weighted by Crippen LogP contribution is -2.34. The lowest BCUT2D eigenvalue weighted by molar-refractivity contribution is 0.0904. The maximum atomic E-state index is 11.7. The first kappa shape index (κ1) is 12.8. The Morgan fingerprint density at radius 1 is 1.38 bits per heavy atom. The van der Waals surface area contributed by atoms with Crippen LogP contribution in [-0.4, -0.2) is 11.9 Å². The van der Waals surface area contributed by atoms with E-state index >= 15 is 0 Å². The maximum absolute atomic E-state index is 11.7. The average Bonchev–Trinajstić information content (AvgIpc) is 2.79. The lowest BCUT2D eigenvalue weighted by Gasteiger charge is -2.16. The van der Waals surface area contributed by atoms with E-state index in [1.54, 1.807) is 12.1 Å². The van der Waals surface area contributed by atoms with Crippen LogP contribution < -0.4 is 5.32 Å². The summed E-state index contributed by atoms with van der Waals surface area (Å²) in [6, 6.07) is 3.70. The van der Waals surface area contributed by atoms with Crippen molar-refractivity contribution < 1.29 is 9.21 Å². The molecule has 1 heterocycles. The van der Waals surface area contributed by atoms with Crippen LogP contribution in [0.3, 0.4) is 0 Å². The second kappa shape index (κ2) is 7.09. The highest BCUT2D eigenvalue weighted by Crippen LogP contribution is 2.08. The third-order valence-corrected chi connectivity index (χ3v) is 2.62. The molecule has 16 heavy (non-hydrogen) atoms. The van der Waals surface area contributed by atoms with E-state index in [-0.39, 0.29) is 11.9 Å². The van der Waals surface area contributed by atoms with E-state index < -0.39 is 0 Å². The normalized spacial score (nSPS) is 12.4. The van der Waals surface area contributed by atoms with Crippen LogP contribution in [0.2, 0.25) is 0 Å². The Bertz CT molecular complexity index is 293. The Morgan fingerprint density at radius 3 is 2.75 bits per heavy atom. The van der Waals surface area contributed by atoms with Gasteiger partial charge in [0, 0.05) is 6.04 Å². The van der Waals surface area contributed by atoms with Crippen molar-refractivity contribution in [2.75, 3.05) is 0 Å². The topological polar surface area (TPSA) is 42.2 Å². The zero-order valence-electron chi connectivity index (χ0n) is 10.2. The van der Waals surface area contributed by atoms with Gasteiger partial charge in [-0.1, -0.05) is 33.1 Å². The van der Waals surface area contributed by atoms with Crippen LogP contribution in [0.1, 0.15) is 56.5 Å². The molecule has 0 bridgehead atoms. The molecule has 1 unspecified atom stereocenters. The summed E-state index contributed by atoms with van der Waals surface area (Å²) in [5.41, 5.74) is 0. The van der Waals surface area contributed by atoms with Gasteiger partial charge < -0.3 is 9.73 Å². The van der Waals surface area contributed by atoms with Gasteiger partial charge in [0.25, 0.3) is 5.91 Å². The minimum Gasteiger partial charge on any atom is -0.459 e. The van der Waals surface area contributed by atoms with Gasteiger partial charge >= 0.3 is 0 Å². The number of furan rings is 1. The maximum Gasteiger partial charge on any atom is 0.287 e. The molecule has 1 rings (SSSR count). The fraction of sp³-hybridized carbons (Fsp3) is 0.615. The Balaban J connectivity index is 2.44. The number of carbonyl (C=O) groups is 1. The van der Waals surface area contributed by atoms with Crippen LogP contribution in [-0.2, 0) is 0 Å². The van der Waals surface area contributed by atoms with Gasteiger partial charge in [0.15, 0.2) is 5.76 Å². The number of unbranched alkanes of at least 4 members (excludes halogenated alkanes) is 1. The van der Waals surface area contributed by atoms with E-state index in [4.69, 9.17) is 4.42 Å². The quantitative estimate of drug-likeness (QED) is 0.770. The molecule has 0 aliphatic heterocycles. The first-order valence-electron chi connectivity index (χ1n) is 6.12. The van der Waals surface area contributed by atoms with E-state index in [9.17, 15) is 4.79 Å². The molecule has 1 amide bonds. The number of amides is 1. The van der Waals surface area contributed by atoms with E-state index in [0.29, 0.717) is 5.76 Å². The molecule has 3 heteroatoms. The molecule has 0 aliphatic rings. The molecule has 1 aromatic heterocycles. The minimum absolute atomic E-state index is 0.0976. The minimum atomic E-state index is -0.0976. The van der Waals surface area contributed by atoms with Gasteiger partial charge in [-0.2, -0.15) is 0 Å². The second-order valence-corrected chi connectivity index (χ2v) is 4.08. The summed E-state index contributed by atoms with van der Waals surface area (Å²) in [6.07, 6.45) is 7.02. The Labute approximate surface area is 97.2 Å². The molecule has 1 aromatic rings. The fourth-order valence-corrected chi connectivity index (χ4v) is 1.75. The van der Waals surface area contributed by atoms with E-state index in [2.05, 4.69) is 19.2 Å². The molecular weight excluding hydrogens is 202 g/mol. The molecule has 0 aliphatic carbocycles. The second-order valence-electron chi connectivity index (χ2n) is 4.08. The molecule has 1 N–H and O–H groups in total. The van der Waals surface area contributed by atoms with Crippen LogP contribution in [0, 0.1) is 0 Å². The summed E-state index contributed by atoms with van der Waals surface area (Å²) in [4.78, 5) is 11.7. The highest BCUT2D eigenvalue weighted by atomic mass is 16.3. The van der Waals surface area contributed by atoms with Crippen molar-refractivity contribution in [2.24, 2.45) is 0 Å². The highest BCUT2D eigenvalue weighted by molar-refractivity contribution is 5.91. The summed E-state index contributed by atoms with van der Waals surface area (Å²) < 4.78 is 5.07.